The first-order valence-electron chi connectivity index (χ1n) is 6.30. The van der Waals surface area contributed by atoms with Crippen molar-refractivity contribution in [3.63, 3.8) is 0 Å². The molecule has 0 bridgehead atoms. The standard InChI is InChI=1S/C12H23F3N2/c1-9(2)10-4-3-5-11(6-10,7-16)17-8-12(13,14)15/h9-10,17H,3-8,16H2,1-2H3. The quantitative estimate of drug-likeness (QED) is 0.807. The first kappa shape index (κ1) is 14.8. The van der Waals surface area contributed by atoms with Crippen LogP contribution in [-0.4, -0.2) is 24.8 Å². The second kappa shape index (κ2) is 5.57. The zero-order chi connectivity index (χ0) is 13.1. The molecule has 1 rings (SSSR count). The van der Waals surface area contributed by atoms with E-state index in [-0.39, 0.29) is 6.54 Å². The smallest absolute Gasteiger partial charge is 0.329 e. The average Bonchev–Trinajstić information content (AvgIpc) is 2.26. The van der Waals surface area contributed by atoms with Crippen molar-refractivity contribution in [3.05, 3.63) is 0 Å². The second-order valence-corrected chi connectivity index (χ2v) is 5.55. The number of nitrogens with two attached hydrogens (primary N) is 1. The summed E-state index contributed by atoms with van der Waals surface area (Å²) in [7, 11) is 0. The summed E-state index contributed by atoms with van der Waals surface area (Å²) >= 11 is 0. The molecule has 0 aromatic rings. The van der Waals surface area contributed by atoms with E-state index in [4.69, 9.17) is 5.73 Å². The maximum atomic E-state index is 12.3. The van der Waals surface area contributed by atoms with Crippen molar-refractivity contribution in [2.75, 3.05) is 13.1 Å². The number of alkyl halides is 3. The minimum absolute atomic E-state index is 0.284. The summed E-state index contributed by atoms with van der Waals surface area (Å²) < 4.78 is 36.8. The monoisotopic (exact) mass is 252 g/mol. The predicted octanol–water partition coefficient (Wildman–Crippen LogP) is 2.68. The fraction of sp³-hybridized carbons (Fsp3) is 1.00. The molecular weight excluding hydrogens is 229 g/mol. The Hall–Kier alpha value is -0.290. The van der Waals surface area contributed by atoms with Crippen LogP contribution >= 0.6 is 0 Å². The summed E-state index contributed by atoms with van der Waals surface area (Å²) in [5.41, 5.74) is 5.19. The van der Waals surface area contributed by atoms with Gasteiger partial charge in [-0.1, -0.05) is 26.7 Å². The van der Waals surface area contributed by atoms with Gasteiger partial charge in [-0.3, -0.25) is 0 Å². The molecule has 0 amide bonds. The molecule has 2 atom stereocenters. The maximum Gasteiger partial charge on any atom is 0.401 e. The van der Waals surface area contributed by atoms with Crippen LogP contribution in [0.3, 0.4) is 0 Å². The summed E-state index contributed by atoms with van der Waals surface area (Å²) in [6.45, 7) is 3.60. The van der Waals surface area contributed by atoms with Gasteiger partial charge in [0.05, 0.1) is 6.54 Å². The zero-order valence-electron chi connectivity index (χ0n) is 10.6. The Kier molecular flexibility index (Phi) is 4.84. The third-order valence-electron chi connectivity index (χ3n) is 3.88. The summed E-state index contributed by atoms with van der Waals surface area (Å²) in [6, 6.07) is 0. The van der Waals surface area contributed by atoms with Gasteiger partial charge >= 0.3 is 6.18 Å². The van der Waals surface area contributed by atoms with Crippen molar-refractivity contribution in [3.8, 4) is 0 Å². The van der Waals surface area contributed by atoms with Gasteiger partial charge in [-0.25, -0.2) is 0 Å². The number of hydrogen-bond donors (Lipinski definition) is 2. The highest BCUT2D eigenvalue weighted by molar-refractivity contribution is 4.95. The lowest BCUT2D eigenvalue weighted by Crippen LogP contribution is -2.56. The van der Waals surface area contributed by atoms with Crippen molar-refractivity contribution in [1.29, 1.82) is 0 Å². The molecule has 2 nitrogen and oxygen atoms in total. The van der Waals surface area contributed by atoms with E-state index in [1.807, 2.05) is 0 Å². The van der Waals surface area contributed by atoms with Crippen LogP contribution in [0, 0.1) is 11.8 Å². The van der Waals surface area contributed by atoms with Gasteiger partial charge in [-0.15, -0.1) is 0 Å². The molecule has 1 aliphatic carbocycles. The maximum absolute atomic E-state index is 12.3. The normalized spacial score (nSPS) is 30.9. The van der Waals surface area contributed by atoms with Crippen LogP contribution in [0.25, 0.3) is 0 Å². The predicted molar refractivity (Wildman–Crippen MR) is 62.6 cm³/mol. The van der Waals surface area contributed by atoms with Gasteiger partial charge in [0.2, 0.25) is 0 Å². The van der Waals surface area contributed by atoms with E-state index in [1.54, 1.807) is 0 Å². The van der Waals surface area contributed by atoms with E-state index in [1.165, 1.54) is 0 Å². The minimum atomic E-state index is -4.16. The Balaban J connectivity index is 2.61. The highest BCUT2D eigenvalue weighted by atomic mass is 19.4. The lowest BCUT2D eigenvalue weighted by atomic mass is 9.71. The molecule has 1 saturated carbocycles. The lowest BCUT2D eigenvalue weighted by molar-refractivity contribution is -0.130. The third kappa shape index (κ3) is 4.47. The van der Waals surface area contributed by atoms with Gasteiger partial charge in [0.1, 0.15) is 0 Å². The molecule has 1 aliphatic rings. The SMILES string of the molecule is CC(C)C1CCCC(CN)(NCC(F)(F)F)C1. The fourth-order valence-corrected chi connectivity index (χ4v) is 2.68. The molecule has 0 saturated heterocycles. The van der Waals surface area contributed by atoms with Gasteiger partial charge in [0.25, 0.3) is 0 Å². The van der Waals surface area contributed by atoms with Crippen LogP contribution in [0.4, 0.5) is 13.2 Å². The number of halogens is 3. The Morgan fingerprint density at radius 3 is 2.53 bits per heavy atom. The zero-order valence-corrected chi connectivity index (χ0v) is 10.6. The van der Waals surface area contributed by atoms with Crippen molar-refractivity contribution in [2.45, 2.75) is 51.2 Å². The van der Waals surface area contributed by atoms with Crippen molar-refractivity contribution >= 4 is 0 Å². The first-order valence-corrected chi connectivity index (χ1v) is 6.30. The van der Waals surface area contributed by atoms with E-state index >= 15 is 0 Å². The Morgan fingerprint density at radius 2 is 2.06 bits per heavy atom. The van der Waals surface area contributed by atoms with Gasteiger partial charge in [0.15, 0.2) is 0 Å². The van der Waals surface area contributed by atoms with Crippen LogP contribution in [0.5, 0.6) is 0 Å². The molecule has 0 aliphatic heterocycles. The van der Waals surface area contributed by atoms with E-state index in [9.17, 15) is 13.2 Å². The number of nitrogens with one attached hydrogen (secondary N) is 1. The van der Waals surface area contributed by atoms with Gasteiger partial charge in [-0.2, -0.15) is 13.2 Å². The Morgan fingerprint density at radius 1 is 1.41 bits per heavy atom. The molecule has 1 fully saturated rings. The molecule has 0 heterocycles. The van der Waals surface area contributed by atoms with Crippen LogP contribution in [0.15, 0.2) is 0 Å². The first-order chi connectivity index (χ1) is 7.78. The Bertz CT molecular complexity index is 240. The highest BCUT2D eigenvalue weighted by Crippen LogP contribution is 2.36. The summed E-state index contributed by atoms with van der Waals surface area (Å²) in [5.74, 6) is 0.988. The van der Waals surface area contributed by atoms with Crippen molar-refractivity contribution < 1.29 is 13.2 Å². The van der Waals surface area contributed by atoms with Gasteiger partial charge in [-0.05, 0) is 24.7 Å². The van der Waals surface area contributed by atoms with Crippen LogP contribution in [-0.2, 0) is 0 Å². The molecule has 3 N–H and O–H groups in total. The summed E-state index contributed by atoms with van der Waals surface area (Å²) in [5, 5.41) is 2.66. The van der Waals surface area contributed by atoms with Crippen molar-refractivity contribution in [2.24, 2.45) is 17.6 Å². The molecule has 0 aromatic heterocycles. The summed E-state index contributed by atoms with van der Waals surface area (Å²) in [4.78, 5) is 0. The van der Waals surface area contributed by atoms with E-state index in [0.29, 0.717) is 11.8 Å². The highest BCUT2D eigenvalue weighted by Gasteiger charge is 2.39. The molecule has 102 valence electrons. The molecule has 5 heteroatoms. The summed E-state index contributed by atoms with van der Waals surface area (Å²) in [6.07, 6.45) is -0.578. The Labute approximate surface area is 101 Å². The van der Waals surface area contributed by atoms with E-state index < -0.39 is 18.3 Å². The number of hydrogen-bond acceptors (Lipinski definition) is 2. The fourth-order valence-electron chi connectivity index (χ4n) is 2.68. The largest absolute Gasteiger partial charge is 0.401 e. The van der Waals surface area contributed by atoms with Gasteiger partial charge in [0, 0.05) is 12.1 Å². The van der Waals surface area contributed by atoms with Crippen LogP contribution < -0.4 is 11.1 Å². The molecule has 0 aromatic carbocycles. The average molecular weight is 252 g/mol. The van der Waals surface area contributed by atoms with E-state index in [0.717, 1.165) is 25.7 Å². The van der Waals surface area contributed by atoms with Crippen LogP contribution in [0.1, 0.15) is 39.5 Å². The number of rotatable bonds is 4. The molecular formula is C12H23F3N2. The molecule has 0 spiro atoms. The third-order valence-corrected chi connectivity index (χ3v) is 3.88. The van der Waals surface area contributed by atoms with E-state index in [2.05, 4.69) is 19.2 Å². The molecule has 0 radical (unpaired) electrons. The second-order valence-electron chi connectivity index (χ2n) is 5.55. The van der Waals surface area contributed by atoms with Crippen molar-refractivity contribution in [1.82, 2.24) is 5.32 Å². The van der Waals surface area contributed by atoms with Gasteiger partial charge < -0.3 is 11.1 Å². The molecule has 17 heavy (non-hydrogen) atoms. The topological polar surface area (TPSA) is 38.0 Å². The minimum Gasteiger partial charge on any atom is -0.329 e. The molecule has 2 unspecified atom stereocenters. The lowest BCUT2D eigenvalue weighted by Gasteiger charge is -2.42. The van der Waals surface area contributed by atoms with Crippen LogP contribution in [0.2, 0.25) is 0 Å².